The fourth-order valence-electron chi connectivity index (χ4n) is 4.24. The van der Waals surface area contributed by atoms with E-state index in [1.807, 2.05) is 39.1 Å². The minimum absolute atomic E-state index is 0.0217. The molecule has 3 aromatic rings. The van der Waals surface area contributed by atoms with Gasteiger partial charge in [-0.05, 0) is 50.4 Å². The molecule has 1 N–H and O–H groups in total. The maximum absolute atomic E-state index is 13.6. The van der Waals surface area contributed by atoms with E-state index in [1.54, 1.807) is 35.5 Å². The molecular formula is C29H31FN4O3. The Balaban J connectivity index is 1.63. The number of fused-ring (bicyclic) bond motifs is 1. The molecule has 0 bridgehead atoms. The minimum Gasteiger partial charge on any atom is -0.472 e. The van der Waals surface area contributed by atoms with Crippen LogP contribution in [0.5, 0.6) is 5.88 Å². The largest absolute Gasteiger partial charge is 0.472 e. The first-order valence-electron chi connectivity index (χ1n) is 12.3. The molecule has 4 rings (SSSR count). The van der Waals surface area contributed by atoms with Gasteiger partial charge in [-0.25, -0.2) is 9.37 Å². The molecule has 0 saturated carbocycles. The topological polar surface area (TPSA) is 78.8 Å². The standard InChI is InChI=1S/C29H31FN4O3/c1-20-16-34(21(2)19-35)29(36)26-14-23(11-10-22-7-6-8-24(30)13-22)15-32-28(26)37-27(20)18-33(3)17-25-9-4-5-12-31-25/h4-9,12-15,20-21,27,35H,16-19H2,1-3H3/t20-,21+,27+/m0/s1. The summed E-state index contributed by atoms with van der Waals surface area (Å²) in [5, 5.41) is 9.85. The quantitative estimate of drug-likeness (QED) is 0.521. The number of aliphatic hydroxyl groups excluding tert-OH is 1. The maximum Gasteiger partial charge on any atom is 0.259 e. The Morgan fingerprint density at radius 2 is 2.00 bits per heavy atom. The van der Waals surface area contributed by atoms with Gasteiger partial charge in [-0.1, -0.05) is 30.9 Å². The number of carbonyl (C=O) groups is 1. The third-order valence-corrected chi connectivity index (χ3v) is 6.35. The summed E-state index contributed by atoms with van der Waals surface area (Å²) >= 11 is 0. The van der Waals surface area contributed by atoms with Crippen molar-refractivity contribution >= 4 is 5.91 Å². The van der Waals surface area contributed by atoms with Crippen molar-refractivity contribution in [3.05, 3.63) is 89.1 Å². The molecule has 7 nitrogen and oxygen atoms in total. The van der Waals surface area contributed by atoms with Crippen LogP contribution in [0.1, 0.15) is 41.0 Å². The number of amides is 1. The first-order valence-corrected chi connectivity index (χ1v) is 12.3. The van der Waals surface area contributed by atoms with Crippen molar-refractivity contribution in [1.29, 1.82) is 0 Å². The summed E-state index contributed by atoms with van der Waals surface area (Å²) in [6.07, 6.45) is 3.07. The third-order valence-electron chi connectivity index (χ3n) is 6.35. The molecule has 1 aliphatic heterocycles. The highest BCUT2D eigenvalue weighted by Gasteiger charge is 2.34. The zero-order chi connectivity index (χ0) is 26.4. The number of nitrogens with zero attached hydrogens (tertiary/aromatic N) is 4. The van der Waals surface area contributed by atoms with Crippen LogP contribution in [0.25, 0.3) is 0 Å². The van der Waals surface area contributed by atoms with Gasteiger partial charge in [0.05, 0.1) is 18.3 Å². The number of aliphatic hydroxyl groups is 1. The zero-order valence-corrected chi connectivity index (χ0v) is 21.3. The lowest BCUT2D eigenvalue weighted by molar-refractivity contribution is 0.0324. The Kier molecular flexibility index (Phi) is 8.49. The Bertz CT molecular complexity index is 1290. The molecule has 1 aliphatic rings. The van der Waals surface area contributed by atoms with Gasteiger partial charge in [0, 0.05) is 49.1 Å². The lowest BCUT2D eigenvalue weighted by atomic mass is 10.00. The molecule has 0 saturated heterocycles. The molecule has 0 radical (unpaired) electrons. The third kappa shape index (κ3) is 6.70. The highest BCUT2D eigenvalue weighted by atomic mass is 19.1. The van der Waals surface area contributed by atoms with Crippen LogP contribution in [0.15, 0.2) is 60.9 Å². The van der Waals surface area contributed by atoms with Crippen molar-refractivity contribution in [3.8, 4) is 17.7 Å². The van der Waals surface area contributed by atoms with Gasteiger partial charge in [-0.15, -0.1) is 0 Å². The second-order valence-corrected chi connectivity index (χ2v) is 9.48. The predicted molar refractivity (Wildman–Crippen MR) is 138 cm³/mol. The number of benzene rings is 1. The Labute approximate surface area is 216 Å². The Morgan fingerprint density at radius 3 is 2.73 bits per heavy atom. The second-order valence-electron chi connectivity index (χ2n) is 9.48. The normalized spacial score (nSPS) is 18.2. The lowest BCUT2D eigenvalue weighted by Gasteiger charge is -2.37. The molecule has 0 fully saturated rings. The van der Waals surface area contributed by atoms with E-state index in [0.717, 1.165) is 5.69 Å². The second kappa shape index (κ2) is 12.0. The average molecular weight is 503 g/mol. The van der Waals surface area contributed by atoms with Gasteiger partial charge in [0.25, 0.3) is 5.91 Å². The van der Waals surface area contributed by atoms with Crippen molar-refractivity contribution in [2.45, 2.75) is 32.5 Å². The number of halogens is 1. The molecule has 2 aromatic heterocycles. The van der Waals surface area contributed by atoms with E-state index >= 15 is 0 Å². The first kappa shape index (κ1) is 26.3. The van der Waals surface area contributed by atoms with E-state index in [-0.39, 0.29) is 47.8 Å². The summed E-state index contributed by atoms with van der Waals surface area (Å²) in [4.78, 5) is 26.2. The highest BCUT2D eigenvalue weighted by Crippen LogP contribution is 2.27. The van der Waals surface area contributed by atoms with Crippen molar-refractivity contribution in [2.75, 3.05) is 26.7 Å². The summed E-state index contributed by atoms with van der Waals surface area (Å²) in [7, 11) is 2.00. The van der Waals surface area contributed by atoms with Crippen LogP contribution in [-0.2, 0) is 6.54 Å². The molecule has 1 aromatic carbocycles. The van der Waals surface area contributed by atoms with Crippen molar-refractivity contribution < 1.29 is 19.0 Å². The van der Waals surface area contributed by atoms with Crippen LogP contribution in [0, 0.1) is 23.6 Å². The number of aromatic nitrogens is 2. The number of hydrogen-bond acceptors (Lipinski definition) is 6. The number of pyridine rings is 2. The van der Waals surface area contributed by atoms with Crippen LogP contribution in [0.2, 0.25) is 0 Å². The summed E-state index contributed by atoms with van der Waals surface area (Å²) in [5.41, 5.74) is 2.27. The fraction of sp³-hybridized carbons (Fsp3) is 0.345. The molecule has 3 atom stereocenters. The van der Waals surface area contributed by atoms with E-state index in [1.165, 1.54) is 12.1 Å². The van der Waals surface area contributed by atoms with E-state index in [2.05, 4.69) is 26.7 Å². The summed E-state index contributed by atoms with van der Waals surface area (Å²) in [6, 6.07) is 13.1. The average Bonchev–Trinajstić information content (AvgIpc) is 2.89. The molecule has 0 aliphatic carbocycles. The van der Waals surface area contributed by atoms with Crippen LogP contribution < -0.4 is 4.74 Å². The van der Waals surface area contributed by atoms with Crippen molar-refractivity contribution in [3.63, 3.8) is 0 Å². The van der Waals surface area contributed by atoms with Crippen molar-refractivity contribution in [1.82, 2.24) is 19.8 Å². The van der Waals surface area contributed by atoms with Gasteiger partial charge in [0.15, 0.2) is 0 Å². The molecule has 192 valence electrons. The highest BCUT2D eigenvalue weighted by molar-refractivity contribution is 5.97. The van der Waals surface area contributed by atoms with Gasteiger partial charge in [-0.3, -0.25) is 14.7 Å². The SMILES string of the molecule is C[C@H](CO)N1C[C@H](C)[C@@H](CN(C)Cc2ccccn2)Oc2ncc(C#Cc3cccc(F)c3)cc2C1=O. The van der Waals surface area contributed by atoms with Gasteiger partial charge in [0.1, 0.15) is 17.5 Å². The van der Waals surface area contributed by atoms with Crippen molar-refractivity contribution in [2.24, 2.45) is 5.92 Å². The van der Waals surface area contributed by atoms with E-state index in [4.69, 9.17) is 4.74 Å². The van der Waals surface area contributed by atoms with Gasteiger partial charge in [0.2, 0.25) is 5.88 Å². The van der Waals surface area contributed by atoms with E-state index in [0.29, 0.717) is 30.8 Å². The van der Waals surface area contributed by atoms with Gasteiger partial charge in [-0.2, -0.15) is 0 Å². The Morgan fingerprint density at radius 1 is 1.19 bits per heavy atom. The molecule has 3 heterocycles. The predicted octanol–water partition coefficient (Wildman–Crippen LogP) is 3.37. The molecule has 37 heavy (non-hydrogen) atoms. The maximum atomic E-state index is 13.6. The van der Waals surface area contributed by atoms with Crippen LogP contribution in [-0.4, -0.2) is 69.7 Å². The molecule has 0 spiro atoms. The van der Waals surface area contributed by atoms with E-state index in [9.17, 15) is 14.3 Å². The van der Waals surface area contributed by atoms with Crippen LogP contribution in [0.3, 0.4) is 0 Å². The number of ether oxygens (including phenoxy) is 1. The van der Waals surface area contributed by atoms with Crippen LogP contribution in [0.4, 0.5) is 4.39 Å². The number of carbonyl (C=O) groups excluding carboxylic acids is 1. The summed E-state index contributed by atoms with van der Waals surface area (Å²) < 4.78 is 19.9. The minimum atomic E-state index is -0.380. The molecule has 0 unspecified atom stereocenters. The monoisotopic (exact) mass is 502 g/mol. The van der Waals surface area contributed by atoms with Gasteiger partial charge >= 0.3 is 0 Å². The van der Waals surface area contributed by atoms with Gasteiger partial charge < -0.3 is 14.7 Å². The fourth-order valence-corrected chi connectivity index (χ4v) is 4.24. The molecule has 1 amide bonds. The van der Waals surface area contributed by atoms with E-state index < -0.39 is 0 Å². The smallest absolute Gasteiger partial charge is 0.259 e. The first-order chi connectivity index (χ1) is 17.8. The molecule has 8 heteroatoms. The number of hydrogen-bond donors (Lipinski definition) is 1. The molecular weight excluding hydrogens is 471 g/mol. The number of rotatable bonds is 6. The lowest BCUT2D eigenvalue weighted by Crippen LogP contribution is -2.49. The summed E-state index contributed by atoms with van der Waals surface area (Å²) in [5.74, 6) is 5.45. The van der Waals surface area contributed by atoms with Crippen LogP contribution >= 0.6 is 0 Å². The Hall–Kier alpha value is -3.80. The number of likely N-dealkylation sites (N-methyl/N-ethyl adjacent to an activating group) is 1. The zero-order valence-electron chi connectivity index (χ0n) is 21.3. The summed E-state index contributed by atoms with van der Waals surface area (Å²) in [6.45, 7) is 5.35.